The van der Waals surface area contributed by atoms with Gasteiger partial charge in [0.2, 0.25) is 0 Å². The highest BCUT2D eigenvalue weighted by molar-refractivity contribution is 5.98. The van der Waals surface area contributed by atoms with Crippen LogP contribution in [0.15, 0.2) is 52.4 Å². The first-order valence-electron chi connectivity index (χ1n) is 8.40. The van der Waals surface area contributed by atoms with Crippen LogP contribution in [0.3, 0.4) is 0 Å². The zero-order chi connectivity index (χ0) is 19.4. The van der Waals surface area contributed by atoms with Gasteiger partial charge in [0, 0.05) is 18.2 Å². The quantitative estimate of drug-likeness (QED) is 0.493. The van der Waals surface area contributed by atoms with Crippen LogP contribution in [0.4, 0.5) is 0 Å². The molecule has 3 rings (SSSR count). The van der Waals surface area contributed by atoms with Crippen LogP contribution in [0.2, 0.25) is 0 Å². The third-order valence-corrected chi connectivity index (χ3v) is 4.23. The van der Waals surface area contributed by atoms with Crippen molar-refractivity contribution < 1.29 is 9.57 Å². The molecule has 1 heterocycles. The number of hydrogen-bond acceptors (Lipinski definition) is 6. The molecule has 3 aromatic rings. The summed E-state index contributed by atoms with van der Waals surface area (Å²) in [6.07, 6.45) is 0. The Kier molecular flexibility index (Phi) is 5.35. The molecule has 0 bridgehead atoms. The van der Waals surface area contributed by atoms with Crippen molar-refractivity contribution in [2.24, 2.45) is 12.2 Å². The molecule has 0 amide bonds. The second-order valence-corrected chi connectivity index (χ2v) is 6.05. The lowest BCUT2D eigenvalue weighted by Crippen LogP contribution is -2.23. The Morgan fingerprint density at radius 1 is 1.19 bits per heavy atom. The number of nitrogens with zero attached hydrogens (tertiary/aromatic N) is 5. The lowest BCUT2D eigenvalue weighted by molar-refractivity contribution is 0.130. The van der Waals surface area contributed by atoms with Gasteiger partial charge in [-0.25, -0.2) is 4.79 Å². The first-order chi connectivity index (χ1) is 13.0. The topological polar surface area (TPSA) is 83.5 Å². The zero-order valence-corrected chi connectivity index (χ0v) is 15.7. The van der Waals surface area contributed by atoms with Gasteiger partial charge in [-0.05, 0) is 48.0 Å². The summed E-state index contributed by atoms with van der Waals surface area (Å²) in [5, 5.41) is 11.9. The molecule has 0 aliphatic carbocycles. The molecule has 0 unspecified atom stereocenters. The Morgan fingerprint density at radius 2 is 1.96 bits per heavy atom. The highest BCUT2D eigenvalue weighted by Gasteiger charge is 2.13. The smallest absolute Gasteiger partial charge is 0.368 e. The van der Waals surface area contributed by atoms with E-state index in [1.807, 2.05) is 50.2 Å². The van der Waals surface area contributed by atoms with Gasteiger partial charge < -0.3 is 9.57 Å². The number of tetrazole rings is 1. The summed E-state index contributed by atoms with van der Waals surface area (Å²) >= 11 is 0. The fourth-order valence-electron chi connectivity index (χ4n) is 2.63. The van der Waals surface area contributed by atoms with Gasteiger partial charge in [-0.1, -0.05) is 29.4 Å². The molecule has 0 fully saturated rings. The highest BCUT2D eigenvalue weighted by atomic mass is 16.6. The third kappa shape index (κ3) is 3.89. The lowest BCUT2D eigenvalue weighted by atomic mass is 10.1. The van der Waals surface area contributed by atoms with Crippen molar-refractivity contribution in [2.45, 2.75) is 20.5 Å². The van der Waals surface area contributed by atoms with E-state index in [4.69, 9.17) is 9.57 Å². The SMILES string of the molecule is COc1cccc(C(C)=NOCc2c(C)cccc2-n2nnn(C)c2=O)c1. The summed E-state index contributed by atoms with van der Waals surface area (Å²) in [7, 11) is 3.18. The van der Waals surface area contributed by atoms with Crippen molar-refractivity contribution in [3.8, 4) is 11.4 Å². The molecule has 0 N–H and O–H groups in total. The molecule has 1 aromatic heterocycles. The van der Waals surface area contributed by atoms with Gasteiger partial charge in [-0.2, -0.15) is 9.36 Å². The number of aryl methyl sites for hydroxylation is 2. The summed E-state index contributed by atoms with van der Waals surface area (Å²) in [6, 6.07) is 13.2. The lowest BCUT2D eigenvalue weighted by Gasteiger charge is -2.11. The van der Waals surface area contributed by atoms with Crippen LogP contribution in [0.5, 0.6) is 5.75 Å². The predicted octanol–water partition coefficient (Wildman–Crippen LogP) is 2.22. The van der Waals surface area contributed by atoms with Gasteiger partial charge in [0.1, 0.15) is 12.4 Å². The molecule has 140 valence electrons. The molecule has 0 aliphatic heterocycles. The van der Waals surface area contributed by atoms with E-state index in [9.17, 15) is 4.79 Å². The number of rotatable bonds is 6. The maximum absolute atomic E-state index is 12.2. The fourth-order valence-corrected chi connectivity index (χ4v) is 2.63. The molecular weight excluding hydrogens is 346 g/mol. The number of oxime groups is 1. The minimum Gasteiger partial charge on any atom is -0.497 e. The Bertz CT molecular complexity index is 1040. The van der Waals surface area contributed by atoms with E-state index in [2.05, 4.69) is 15.6 Å². The van der Waals surface area contributed by atoms with E-state index in [1.54, 1.807) is 20.2 Å². The number of aromatic nitrogens is 4. The summed E-state index contributed by atoms with van der Waals surface area (Å²) < 4.78 is 7.66. The normalized spacial score (nSPS) is 11.5. The molecular formula is C19H21N5O3. The van der Waals surface area contributed by atoms with Crippen LogP contribution in [0, 0.1) is 6.92 Å². The van der Waals surface area contributed by atoms with Gasteiger partial charge in [-0.3, -0.25) is 0 Å². The van der Waals surface area contributed by atoms with Crippen molar-refractivity contribution in [3.63, 3.8) is 0 Å². The standard InChI is InChI=1S/C19H21N5O3/c1-13-7-5-10-18(24-19(25)23(3)21-22-24)17(13)12-27-20-14(2)15-8-6-9-16(11-15)26-4/h5-11H,12H2,1-4H3. The molecule has 2 aromatic carbocycles. The second-order valence-electron chi connectivity index (χ2n) is 6.05. The van der Waals surface area contributed by atoms with E-state index in [1.165, 1.54) is 9.36 Å². The average molecular weight is 367 g/mol. The van der Waals surface area contributed by atoms with Crippen LogP contribution in [0.25, 0.3) is 5.69 Å². The van der Waals surface area contributed by atoms with E-state index < -0.39 is 0 Å². The van der Waals surface area contributed by atoms with Crippen molar-refractivity contribution in [3.05, 3.63) is 69.6 Å². The Hall–Kier alpha value is -3.42. The van der Waals surface area contributed by atoms with Gasteiger partial charge in [0.15, 0.2) is 0 Å². The minimum atomic E-state index is -0.321. The molecule has 8 nitrogen and oxygen atoms in total. The molecule has 0 saturated carbocycles. The van der Waals surface area contributed by atoms with Crippen molar-refractivity contribution in [2.75, 3.05) is 7.11 Å². The largest absolute Gasteiger partial charge is 0.497 e. The summed E-state index contributed by atoms with van der Waals surface area (Å²) in [6.45, 7) is 4.01. The molecule has 27 heavy (non-hydrogen) atoms. The Balaban J connectivity index is 1.84. The molecule has 0 radical (unpaired) electrons. The molecule has 0 spiro atoms. The second kappa shape index (κ2) is 7.86. The monoisotopic (exact) mass is 367 g/mol. The first-order valence-corrected chi connectivity index (χ1v) is 8.40. The van der Waals surface area contributed by atoms with Crippen LogP contribution >= 0.6 is 0 Å². The van der Waals surface area contributed by atoms with Gasteiger partial charge in [0.05, 0.1) is 18.5 Å². The summed E-state index contributed by atoms with van der Waals surface area (Å²) in [5.74, 6) is 0.755. The van der Waals surface area contributed by atoms with Crippen LogP contribution in [0.1, 0.15) is 23.6 Å². The Morgan fingerprint density at radius 3 is 2.67 bits per heavy atom. The van der Waals surface area contributed by atoms with Crippen LogP contribution < -0.4 is 10.4 Å². The van der Waals surface area contributed by atoms with Crippen LogP contribution in [-0.4, -0.2) is 32.6 Å². The van der Waals surface area contributed by atoms with Gasteiger partial charge in [-0.15, -0.1) is 0 Å². The van der Waals surface area contributed by atoms with Gasteiger partial charge >= 0.3 is 5.69 Å². The highest BCUT2D eigenvalue weighted by Crippen LogP contribution is 2.18. The minimum absolute atomic E-state index is 0.201. The van der Waals surface area contributed by atoms with E-state index in [0.717, 1.165) is 28.2 Å². The van der Waals surface area contributed by atoms with E-state index >= 15 is 0 Å². The van der Waals surface area contributed by atoms with Crippen molar-refractivity contribution in [1.82, 2.24) is 19.8 Å². The van der Waals surface area contributed by atoms with E-state index in [0.29, 0.717) is 5.69 Å². The fraction of sp³-hybridized carbons (Fsp3) is 0.263. The number of ether oxygens (including phenoxy) is 1. The predicted molar refractivity (Wildman–Crippen MR) is 101 cm³/mol. The summed E-state index contributed by atoms with van der Waals surface area (Å²) in [5.41, 5.74) is 3.73. The van der Waals surface area contributed by atoms with Crippen LogP contribution in [-0.2, 0) is 18.5 Å². The number of benzene rings is 2. The maximum atomic E-state index is 12.2. The first kappa shape index (κ1) is 18.4. The maximum Gasteiger partial charge on any atom is 0.368 e. The molecule has 0 saturated heterocycles. The number of methoxy groups -OCH3 is 1. The van der Waals surface area contributed by atoms with Crippen molar-refractivity contribution in [1.29, 1.82) is 0 Å². The summed E-state index contributed by atoms with van der Waals surface area (Å²) in [4.78, 5) is 17.8. The molecule has 0 aliphatic rings. The van der Waals surface area contributed by atoms with Gasteiger partial charge in [0.25, 0.3) is 0 Å². The average Bonchev–Trinajstić information content (AvgIpc) is 3.01. The van der Waals surface area contributed by atoms with E-state index in [-0.39, 0.29) is 12.3 Å². The molecule has 8 heteroatoms. The third-order valence-electron chi connectivity index (χ3n) is 4.23. The molecule has 0 atom stereocenters. The zero-order valence-electron chi connectivity index (χ0n) is 15.7. The van der Waals surface area contributed by atoms with Crippen molar-refractivity contribution >= 4 is 5.71 Å². The number of hydrogen-bond donors (Lipinski definition) is 0. The Labute approximate surface area is 156 Å².